The van der Waals surface area contributed by atoms with E-state index in [1.807, 2.05) is 20.1 Å². The Morgan fingerprint density at radius 3 is 2.75 bits per heavy atom. The first-order chi connectivity index (χ1) is 11.4. The Kier molecular flexibility index (Phi) is 6.36. The number of aromatic nitrogens is 2. The molecule has 0 aliphatic rings. The van der Waals surface area contributed by atoms with Crippen LogP contribution in [0.3, 0.4) is 0 Å². The fourth-order valence-corrected chi connectivity index (χ4v) is 3.69. The van der Waals surface area contributed by atoms with Crippen LogP contribution in [0, 0.1) is 13.8 Å². The largest absolute Gasteiger partial charge is 0.462 e. The molecule has 2 aromatic rings. The predicted octanol–water partition coefficient (Wildman–Crippen LogP) is 4.07. The average Bonchev–Trinajstić information content (AvgIpc) is 2.82. The SMILES string of the molecule is CCOC(=O)c1c(NC(=O)c2nc(SC)ncc2Br)sc(C)c1C. The second-order valence-electron chi connectivity index (χ2n) is 4.72. The second-order valence-corrected chi connectivity index (χ2v) is 7.57. The highest BCUT2D eigenvalue weighted by Crippen LogP contribution is 2.33. The molecule has 0 radical (unpaired) electrons. The molecule has 2 aromatic heterocycles. The van der Waals surface area contributed by atoms with Gasteiger partial charge < -0.3 is 10.1 Å². The van der Waals surface area contributed by atoms with Crippen molar-refractivity contribution in [2.75, 3.05) is 18.2 Å². The van der Waals surface area contributed by atoms with Gasteiger partial charge in [0, 0.05) is 11.1 Å². The van der Waals surface area contributed by atoms with Gasteiger partial charge in [-0.05, 0) is 48.5 Å². The number of carbonyl (C=O) groups is 2. The third kappa shape index (κ3) is 3.96. The van der Waals surface area contributed by atoms with Crippen LogP contribution in [0.15, 0.2) is 15.8 Å². The van der Waals surface area contributed by atoms with Crippen molar-refractivity contribution in [3.8, 4) is 0 Å². The van der Waals surface area contributed by atoms with Crippen molar-refractivity contribution >= 4 is 55.9 Å². The normalized spacial score (nSPS) is 10.5. The zero-order valence-electron chi connectivity index (χ0n) is 13.6. The van der Waals surface area contributed by atoms with Crippen LogP contribution in [-0.2, 0) is 4.74 Å². The first-order valence-electron chi connectivity index (χ1n) is 7.04. The van der Waals surface area contributed by atoms with Crippen molar-refractivity contribution in [1.29, 1.82) is 0 Å². The Labute approximate surface area is 156 Å². The highest BCUT2D eigenvalue weighted by atomic mass is 79.9. The van der Waals surface area contributed by atoms with E-state index in [1.54, 1.807) is 6.92 Å². The van der Waals surface area contributed by atoms with E-state index in [1.165, 1.54) is 29.3 Å². The summed E-state index contributed by atoms with van der Waals surface area (Å²) < 4.78 is 5.58. The van der Waals surface area contributed by atoms with Gasteiger partial charge in [-0.15, -0.1) is 11.3 Å². The number of amides is 1. The summed E-state index contributed by atoms with van der Waals surface area (Å²) in [5.41, 5.74) is 1.41. The van der Waals surface area contributed by atoms with Gasteiger partial charge >= 0.3 is 5.97 Å². The van der Waals surface area contributed by atoms with Gasteiger partial charge in [0.2, 0.25) is 0 Å². The van der Waals surface area contributed by atoms with E-state index in [0.29, 0.717) is 20.2 Å². The van der Waals surface area contributed by atoms with Gasteiger partial charge in [0.15, 0.2) is 5.16 Å². The van der Waals surface area contributed by atoms with Crippen molar-refractivity contribution in [2.45, 2.75) is 25.9 Å². The molecule has 2 heterocycles. The van der Waals surface area contributed by atoms with Crippen LogP contribution in [0.25, 0.3) is 0 Å². The number of nitrogens with one attached hydrogen (secondary N) is 1. The molecule has 1 N–H and O–H groups in total. The van der Waals surface area contributed by atoms with Crippen molar-refractivity contribution in [3.05, 3.63) is 32.4 Å². The van der Waals surface area contributed by atoms with Gasteiger partial charge in [0.1, 0.15) is 10.7 Å². The zero-order chi connectivity index (χ0) is 17.9. The predicted molar refractivity (Wildman–Crippen MR) is 99.2 cm³/mol. The van der Waals surface area contributed by atoms with Crippen LogP contribution in [0.4, 0.5) is 5.00 Å². The zero-order valence-corrected chi connectivity index (χ0v) is 16.8. The summed E-state index contributed by atoms with van der Waals surface area (Å²) in [5.74, 6) is -0.854. The number of thioether (sulfide) groups is 1. The quantitative estimate of drug-likeness (QED) is 0.438. The maximum absolute atomic E-state index is 12.6. The molecule has 0 saturated carbocycles. The Morgan fingerprint density at radius 1 is 1.42 bits per heavy atom. The summed E-state index contributed by atoms with van der Waals surface area (Å²) in [4.78, 5) is 34.0. The number of thiophene rings is 1. The van der Waals surface area contributed by atoms with Crippen LogP contribution < -0.4 is 5.32 Å². The molecule has 0 spiro atoms. The summed E-state index contributed by atoms with van der Waals surface area (Å²) >= 11 is 5.96. The number of halogens is 1. The standard InChI is InChI=1S/C15H16BrN3O3S2/c1-5-22-14(21)10-7(2)8(3)24-13(10)19-12(20)11-9(16)6-17-15(18-11)23-4/h6H,5H2,1-4H3,(H,19,20). The molecule has 0 bridgehead atoms. The van der Waals surface area contributed by atoms with Gasteiger partial charge in [-0.1, -0.05) is 11.8 Å². The van der Waals surface area contributed by atoms with E-state index < -0.39 is 11.9 Å². The monoisotopic (exact) mass is 429 g/mol. The lowest BCUT2D eigenvalue weighted by atomic mass is 10.1. The molecular formula is C15H16BrN3O3S2. The van der Waals surface area contributed by atoms with Gasteiger partial charge in [-0.3, -0.25) is 4.79 Å². The highest BCUT2D eigenvalue weighted by molar-refractivity contribution is 9.10. The summed E-state index contributed by atoms with van der Waals surface area (Å²) in [6, 6.07) is 0. The minimum Gasteiger partial charge on any atom is -0.462 e. The molecule has 2 rings (SSSR count). The maximum Gasteiger partial charge on any atom is 0.341 e. The molecule has 0 aliphatic heterocycles. The van der Waals surface area contributed by atoms with E-state index in [0.717, 1.165) is 10.4 Å². The van der Waals surface area contributed by atoms with Gasteiger partial charge in [-0.25, -0.2) is 14.8 Å². The topological polar surface area (TPSA) is 81.2 Å². The van der Waals surface area contributed by atoms with Crippen LogP contribution in [0.5, 0.6) is 0 Å². The van der Waals surface area contributed by atoms with Crippen molar-refractivity contribution in [2.24, 2.45) is 0 Å². The van der Waals surface area contributed by atoms with Gasteiger partial charge in [-0.2, -0.15) is 0 Å². The third-order valence-corrected chi connectivity index (χ3v) is 5.48. The number of hydrogen-bond donors (Lipinski definition) is 1. The lowest BCUT2D eigenvalue weighted by molar-refractivity contribution is 0.0527. The molecule has 24 heavy (non-hydrogen) atoms. The average molecular weight is 430 g/mol. The van der Waals surface area contributed by atoms with Crippen LogP contribution >= 0.6 is 39.0 Å². The summed E-state index contributed by atoms with van der Waals surface area (Å²) in [7, 11) is 0. The van der Waals surface area contributed by atoms with Gasteiger partial charge in [0.05, 0.1) is 16.6 Å². The number of anilines is 1. The molecule has 0 saturated heterocycles. The molecule has 128 valence electrons. The molecule has 0 fully saturated rings. The summed E-state index contributed by atoms with van der Waals surface area (Å²) in [5, 5.41) is 3.72. The highest BCUT2D eigenvalue weighted by Gasteiger charge is 2.23. The fraction of sp³-hybridized carbons (Fsp3) is 0.333. The van der Waals surface area contributed by atoms with Gasteiger partial charge in [0.25, 0.3) is 5.91 Å². The Balaban J connectivity index is 2.36. The molecule has 0 unspecified atom stereocenters. The minimum atomic E-state index is -0.443. The number of carbonyl (C=O) groups excluding carboxylic acids is 2. The fourth-order valence-electron chi connectivity index (χ4n) is 1.93. The molecule has 0 atom stereocenters. The maximum atomic E-state index is 12.6. The first kappa shape index (κ1) is 18.9. The van der Waals surface area contributed by atoms with E-state index in [4.69, 9.17) is 4.74 Å². The van der Waals surface area contributed by atoms with E-state index in [2.05, 4.69) is 31.2 Å². The molecule has 0 aliphatic carbocycles. The van der Waals surface area contributed by atoms with Crippen molar-refractivity contribution < 1.29 is 14.3 Å². The van der Waals surface area contributed by atoms with E-state index >= 15 is 0 Å². The lowest BCUT2D eigenvalue weighted by Gasteiger charge is -2.08. The van der Waals surface area contributed by atoms with Crippen LogP contribution in [0.2, 0.25) is 0 Å². The molecule has 9 heteroatoms. The molecule has 1 amide bonds. The van der Waals surface area contributed by atoms with E-state index in [9.17, 15) is 9.59 Å². The lowest BCUT2D eigenvalue weighted by Crippen LogP contribution is -2.17. The molecule has 6 nitrogen and oxygen atoms in total. The van der Waals surface area contributed by atoms with Crippen molar-refractivity contribution in [1.82, 2.24) is 9.97 Å². The summed E-state index contributed by atoms with van der Waals surface area (Å²) in [6.07, 6.45) is 3.36. The number of aryl methyl sites for hydroxylation is 1. The second kappa shape index (κ2) is 8.09. The smallest absolute Gasteiger partial charge is 0.341 e. The Bertz CT molecular complexity index is 793. The number of esters is 1. The summed E-state index contributed by atoms with van der Waals surface area (Å²) in [6.45, 7) is 5.74. The van der Waals surface area contributed by atoms with Crippen LogP contribution in [0.1, 0.15) is 38.2 Å². The van der Waals surface area contributed by atoms with Crippen molar-refractivity contribution in [3.63, 3.8) is 0 Å². The number of rotatable bonds is 5. The number of ether oxygens (including phenoxy) is 1. The third-order valence-electron chi connectivity index (χ3n) is 3.21. The number of nitrogens with zero attached hydrogens (tertiary/aromatic N) is 2. The first-order valence-corrected chi connectivity index (χ1v) is 9.87. The Morgan fingerprint density at radius 2 is 2.12 bits per heavy atom. The molecular weight excluding hydrogens is 414 g/mol. The number of hydrogen-bond acceptors (Lipinski definition) is 7. The Hall–Kier alpha value is -1.45. The van der Waals surface area contributed by atoms with E-state index in [-0.39, 0.29) is 12.3 Å². The van der Waals surface area contributed by atoms with Crippen LogP contribution in [-0.4, -0.2) is 34.7 Å². The molecule has 0 aromatic carbocycles. The minimum absolute atomic E-state index is 0.216.